The molecule has 3 rings (SSSR count). The van der Waals surface area contributed by atoms with Gasteiger partial charge in [0.25, 0.3) is 0 Å². The molecule has 0 unspecified atom stereocenters. The summed E-state index contributed by atoms with van der Waals surface area (Å²) in [6, 6.07) is 14.0. The van der Waals surface area contributed by atoms with Crippen LogP contribution in [0.1, 0.15) is 167 Å². The molecule has 0 saturated carbocycles. The SMILES string of the molecule is CC1=C(C)c2cccc(c2C(C)C)C(C)=C(C)CCCC(C)=C(C)c2cccc(c2C(C)C)C(C)=C(C)CCC1. The first kappa shape index (κ1) is 31.9. The molecule has 0 N–H and O–H groups in total. The van der Waals surface area contributed by atoms with Crippen molar-refractivity contribution < 1.29 is 0 Å². The summed E-state index contributed by atoms with van der Waals surface area (Å²) in [6.45, 7) is 28.3. The van der Waals surface area contributed by atoms with Gasteiger partial charge in [-0.1, -0.05) is 86.4 Å². The van der Waals surface area contributed by atoms with E-state index in [-0.39, 0.29) is 0 Å². The van der Waals surface area contributed by atoms with E-state index in [2.05, 4.69) is 119 Å². The second kappa shape index (κ2) is 13.8. The maximum Gasteiger partial charge on any atom is -0.0187 e. The van der Waals surface area contributed by atoms with Crippen LogP contribution in [0.5, 0.6) is 0 Å². The van der Waals surface area contributed by atoms with Gasteiger partial charge in [-0.05, 0) is 161 Å². The average molecular weight is 537 g/mol. The van der Waals surface area contributed by atoms with Crippen LogP contribution in [-0.2, 0) is 0 Å². The average Bonchev–Trinajstić information content (AvgIpc) is 2.93. The lowest BCUT2D eigenvalue weighted by Gasteiger charge is -2.23. The minimum atomic E-state index is 0.486. The second-order valence-electron chi connectivity index (χ2n) is 13.2. The van der Waals surface area contributed by atoms with Gasteiger partial charge in [0.2, 0.25) is 0 Å². The topological polar surface area (TPSA) is 0 Å². The fraction of sp³-hybridized carbons (Fsp3) is 0.500. The van der Waals surface area contributed by atoms with Crippen LogP contribution in [0.2, 0.25) is 0 Å². The number of rotatable bonds is 2. The largest absolute Gasteiger partial charge is 0.0698 e. The van der Waals surface area contributed by atoms with Gasteiger partial charge in [-0.25, -0.2) is 0 Å². The van der Waals surface area contributed by atoms with Crippen LogP contribution in [0.3, 0.4) is 0 Å². The van der Waals surface area contributed by atoms with E-state index < -0.39 is 0 Å². The molecule has 4 bridgehead atoms. The maximum absolute atomic E-state index is 2.36. The lowest BCUT2D eigenvalue weighted by atomic mass is 9.82. The molecule has 0 heterocycles. The lowest BCUT2D eigenvalue weighted by Crippen LogP contribution is -2.03. The minimum absolute atomic E-state index is 0.486. The Labute approximate surface area is 247 Å². The van der Waals surface area contributed by atoms with Crippen molar-refractivity contribution in [3.05, 3.63) is 92.1 Å². The molecule has 0 amide bonds. The Balaban J connectivity index is 2.20. The molecule has 0 aliphatic heterocycles. The third-order valence-electron chi connectivity index (χ3n) is 9.75. The molecule has 0 radical (unpaired) electrons. The summed E-state index contributed by atoms with van der Waals surface area (Å²) in [7, 11) is 0. The summed E-state index contributed by atoms with van der Waals surface area (Å²) < 4.78 is 0. The number of hydrogen-bond donors (Lipinski definition) is 0. The van der Waals surface area contributed by atoms with Crippen molar-refractivity contribution in [2.75, 3.05) is 0 Å². The number of hydrogen-bond acceptors (Lipinski definition) is 0. The molecule has 2 aromatic rings. The number of fused-ring (bicyclic) bond motifs is 4. The van der Waals surface area contributed by atoms with E-state index in [1.54, 1.807) is 0 Å². The van der Waals surface area contributed by atoms with Gasteiger partial charge in [-0.2, -0.15) is 0 Å². The molecule has 0 aromatic heterocycles. The quantitative estimate of drug-likeness (QED) is 0.358. The summed E-state index contributed by atoms with van der Waals surface area (Å²) in [6.07, 6.45) is 6.95. The molecule has 40 heavy (non-hydrogen) atoms. The van der Waals surface area contributed by atoms with Crippen LogP contribution in [0, 0.1) is 0 Å². The van der Waals surface area contributed by atoms with Crippen LogP contribution in [0.4, 0.5) is 0 Å². The molecule has 216 valence electrons. The highest BCUT2D eigenvalue weighted by atomic mass is 14.2. The van der Waals surface area contributed by atoms with Crippen LogP contribution in [0.15, 0.2) is 58.7 Å². The van der Waals surface area contributed by atoms with Gasteiger partial charge < -0.3 is 0 Å². The molecule has 0 fully saturated rings. The molecular formula is C40H56. The Bertz CT molecular complexity index is 1150. The van der Waals surface area contributed by atoms with Crippen molar-refractivity contribution in [3.63, 3.8) is 0 Å². The van der Waals surface area contributed by atoms with Crippen molar-refractivity contribution in [1.29, 1.82) is 0 Å². The Morgan fingerprint density at radius 3 is 0.825 bits per heavy atom. The minimum Gasteiger partial charge on any atom is -0.0698 e. The van der Waals surface area contributed by atoms with Crippen LogP contribution >= 0.6 is 0 Å². The molecule has 1 aliphatic rings. The van der Waals surface area contributed by atoms with E-state index in [1.807, 2.05) is 0 Å². The van der Waals surface area contributed by atoms with E-state index in [4.69, 9.17) is 0 Å². The van der Waals surface area contributed by atoms with Gasteiger partial charge in [0, 0.05) is 0 Å². The second-order valence-corrected chi connectivity index (χ2v) is 13.2. The fourth-order valence-corrected chi connectivity index (χ4v) is 6.59. The van der Waals surface area contributed by atoms with Gasteiger partial charge >= 0.3 is 0 Å². The van der Waals surface area contributed by atoms with Crippen LogP contribution < -0.4 is 0 Å². The molecule has 1 aliphatic carbocycles. The standard InChI is InChI=1S/C40H56/c1-25(2)39-35-21-15-22-36(39)32(10)28(6)18-14-20-30(8)34(12)38-24-16-23-37(40(38)26(3)4)33(11)29(7)19-13-17-27(5)31(35)9/h15-16,21-26H,13-14,17-20H2,1-12H3. The van der Waals surface area contributed by atoms with Gasteiger partial charge in [0.1, 0.15) is 0 Å². The van der Waals surface area contributed by atoms with E-state index in [9.17, 15) is 0 Å². The first-order valence-electron chi connectivity index (χ1n) is 15.8. The predicted molar refractivity (Wildman–Crippen MR) is 182 cm³/mol. The molecule has 0 nitrogen and oxygen atoms in total. The lowest BCUT2D eigenvalue weighted by molar-refractivity contribution is 0.800. The zero-order valence-corrected chi connectivity index (χ0v) is 27.9. The third kappa shape index (κ3) is 6.99. The van der Waals surface area contributed by atoms with E-state index in [1.165, 1.54) is 90.8 Å². The molecular weight excluding hydrogens is 480 g/mol. The van der Waals surface area contributed by atoms with Gasteiger partial charge in [-0.15, -0.1) is 0 Å². The fourth-order valence-electron chi connectivity index (χ4n) is 6.59. The third-order valence-corrected chi connectivity index (χ3v) is 9.75. The van der Waals surface area contributed by atoms with Crippen molar-refractivity contribution in [2.45, 2.75) is 133 Å². The Morgan fingerprint density at radius 2 is 0.625 bits per heavy atom. The maximum atomic E-state index is 2.36. The van der Waals surface area contributed by atoms with Gasteiger partial charge in [0.15, 0.2) is 0 Å². The summed E-state index contributed by atoms with van der Waals surface area (Å²) >= 11 is 0. The smallest absolute Gasteiger partial charge is 0.0187 e. The number of benzene rings is 2. The summed E-state index contributed by atoms with van der Waals surface area (Å²) in [5.41, 5.74) is 20.8. The Kier molecular flexibility index (Phi) is 11.0. The summed E-state index contributed by atoms with van der Waals surface area (Å²) in [5.74, 6) is 0.971. The van der Waals surface area contributed by atoms with Crippen molar-refractivity contribution in [3.8, 4) is 0 Å². The van der Waals surface area contributed by atoms with Crippen molar-refractivity contribution in [2.24, 2.45) is 0 Å². The molecule has 0 heteroatoms. The van der Waals surface area contributed by atoms with Gasteiger partial charge in [0.05, 0.1) is 0 Å². The highest BCUT2D eigenvalue weighted by molar-refractivity contribution is 5.79. The van der Waals surface area contributed by atoms with E-state index >= 15 is 0 Å². The monoisotopic (exact) mass is 536 g/mol. The molecule has 2 aromatic carbocycles. The zero-order chi connectivity index (χ0) is 29.7. The van der Waals surface area contributed by atoms with Crippen LogP contribution in [0.25, 0.3) is 22.3 Å². The molecule has 0 saturated heterocycles. The summed E-state index contributed by atoms with van der Waals surface area (Å²) in [4.78, 5) is 0. The first-order chi connectivity index (χ1) is 18.9. The van der Waals surface area contributed by atoms with Crippen molar-refractivity contribution in [1.82, 2.24) is 0 Å². The predicted octanol–water partition coefficient (Wildman–Crippen LogP) is 13.2. The van der Waals surface area contributed by atoms with Crippen molar-refractivity contribution >= 4 is 22.3 Å². The molecule has 0 spiro atoms. The van der Waals surface area contributed by atoms with E-state index in [0.717, 1.165) is 25.7 Å². The summed E-state index contributed by atoms with van der Waals surface area (Å²) in [5, 5.41) is 0. The Morgan fingerprint density at radius 1 is 0.400 bits per heavy atom. The highest BCUT2D eigenvalue weighted by Gasteiger charge is 2.19. The van der Waals surface area contributed by atoms with Crippen LogP contribution in [-0.4, -0.2) is 0 Å². The van der Waals surface area contributed by atoms with Gasteiger partial charge in [-0.3, -0.25) is 0 Å². The first-order valence-corrected chi connectivity index (χ1v) is 15.8. The Hall–Kier alpha value is -2.60. The highest BCUT2D eigenvalue weighted by Crippen LogP contribution is 2.38. The zero-order valence-electron chi connectivity index (χ0n) is 27.9. The number of allylic oxidation sites excluding steroid dienone is 8. The normalized spacial score (nSPS) is 16.9. The molecule has 0 atom stereocenters. The van der Waals surface area contributed by atoms with E-state index in [0.29, 0.717) is 11.8 Å².